The highest BCUT2D eigenvalue weighted by Crippen LogP contribution is 2.39. The minimum absolute atomic E-state index is 0.0986. The summed E-state index contributed by atoms with van der Waals surface area (Å²) >= 11 is 2.27. The number of nitrogens with one attached hydrogen (secondary N) is 3. The number of H-pyrrole nitrogens is 2. The number of benzene rings is 3. The Hall–Kier alpha value is -4.50. The number of hydrogen-bond acceptors (Lipinski definition) is 6. The summed E-state index contributed by atoms with van der Waals surface area (Å²) < 4.78 is 49.1. The van der Waals surface area contributed by atoms with Crippen LogP contribution in [-0.4, -0.2) is 57.0 Å². The van der Waals surface area contributed by atoms with Crippen LogP contribution < -0.4 is 10.1 Å². The second kappa shape index (κ2) is 13.8. The number of carboxylic acid groups (broad SMARTS) is 1. The number of carbonyl (C=O) groups excluding carboxylic acids is 1. The summed E-state index contributed by atoms with van der Waals surface area (Å²) in [7, 11) is 0. The van der Waals surface area contributed by atoms with Crippen molar-refractivity contribution in [2.75, 3.05) is 13.2 Å². The van der Waals surface area contributed by atoms with Gasteiger partial charge in [0.2, 0.25) is 0 Å². The Labute approximate surface area is 294 Å². The van der Waals surface area contributed by atoms with Crippen molar-refractivity contribution in [2.45, 2.75) is 57.2 Å². The number of fused-ring (bicyclic) bond motifs is 1. The lowest BCUT2D eigenvalue weighted by Gasteiger charge is -2.32. The Morgan fingerprint density at radius 1 is 1.12 bits per heavy atom. The smallest absolute Gasteiger partial charge is 0.407 e. The lowest BCUT2D eigenvalue weighted by atomic mass is 9.76. The largest absolute Gasteiger partial charge is 0.481 e. The summed E-state index contributed by atoms with van der Waals surface area (Å²) in [5.74, 6) is -2.36. The predicted molar refractivity (Wildman–Crippen MR) is 187 cm³/mol. The number of ether oxygens (including phenoxy) is 3. The van der Waals surface area contributed by atoms with E-state index < -0.39 is 47.2 Å². The summed E-state index contributed by atoms with van der Waals surface area (Å²) in [4.78, 5) is 34.0. The van der Waals surface area contributed by atoms with Crippen molar-refractivity contribution >= 4 is 45.6 Å². The number of cyclic esters (lactones) is 1. The van der Waals surface area contributed by atoms with Crippen LogP contribution in [0.25, 0.3) is 22.3 Å². The third kappa shape index (κ3) is 7.27. The standard InChI is InChI=1S/C36H35F2IN4O6/c1-35(2,30-19-42-34(46)49-30)47-13-5-11-36(3,20-6-4-7-21(39)14-20)29-18-41-33(43-29)25-15-22(8-9-26(25)37)48-32-24(16-31(44)45)23-10-12-40-28(23)17-27(32)38/h4,6-10,12,14-15,17-18,30,40H,5,11,13,16,19H2,1-3H3,(H,41,43)(H,42,46)(H,44,45). The van der Waals surface area contributed by atoms with Crippen LogP contribution in [0.5, 0.6) is 11.5 Å². The van der Waals surface area contributed by atoms with Gasteiger partial charge in [-0.3, -0.25) is 4.79 Å². The van der Waals surface area contributed by atoms with E-state index in [4.69, 9.17) is 14.2 Å². The number of hydrogen-bond donors (Lipinski definition) is 4. The van der Waals surface area contributed by atoms with E-state index >= 15 is 8.78 Å². The molecular formula is C36H35F2IN4O6. The minimum Gasteiger partial charge on any atom is -0.481 e. The fourth-order valence-corrected chi connectivity index (χ4v) is 6.71. The van der Waals surface area contributed by atoms with Crippen molar-refractivity contribution in [3.05, 3.63) is 99.0 Å². The molecule has 3 heterocycles. The Balaban J connectivity index is 1.27. The van der Waals surface area contributed by atoms with Gasteiger partial charge in [0, 0.05) is 56.2 Å². The molecule has 3 aromatic carbocycles. The van der Waals surface area contributed by atoms with Crippen LogP contribution in [0.2, 0.25) is 0 Å². The second-order valence-corrected chi connectivity index (χ2v) is 14.0. The summed E-state index contributed by atoms with van der Waals surface area (Å²) in [5.41, 5.74) is 1.21. The number of alkyl carbamates (subject to hydrolysis) is 1. The van der Waals surface area contributed by atoms with Crippen molar-refractivity contribution in [1.82, 2.24) is 20.3 Å². The molecule has 0 bridgehead atoms. The topological polar surface area (TPSA) is 139 Å². The minimum atomic E-state index is -1.15. The highest BCUT2D eigenvalue weighted by atomic mass is 127. The molecule has 1 fully saturated rings. The molecule has 1 saturated heterocycles. The van der Waals surface area contributed by atoms with E-state index in [0.29, 0.717) is 36.9 Å². The first-order valence-corrected chi connectivity index (χ1v) is 16.8. The van der Waals surface area contributed by atoms with Crippen LogP contribution in [0.4, 0.5) is 13.6 Å². The number of rotatable bonds is 13. The van der Waals surface area contributed by atoms with Crippen LogP contribution in [0.3, 0.4) is 0 Å². The molecule has 0 saturated carbocycles. The van der Waals surface area contributed by atoms with Crippen LogP contribution in [0.1, 0.15) is 50.4 Å². The van der Waals surface area contributed by atoms with E-state index in [1.165, 1.54) is 24.3 Å². The average molecular weight is 785 g/mol. The van der Waals surface area contributed by atoms with E-state index in [-0.39, 0.29) is 28.5 Å². The van der Waals surface area contributed by atoms with Gasteiger partial charge in [-0.05, 0) is 98.2 Å². The molecule has 2 atom stereocenters. The first kappa shape index (κ1) is 34.4. The van der Waals surface area contributed by atoms with Crippen molar-refractivity contribution in [2.24, 2.45) is 0 Å². The van der Waals surface area contributed by atoms with Crippen LogP contribution in [0, 0.1) is 15.2 Å². The number of imidazole rings is 1. The Morgan fingerprint density at radius 3 is 2.67 bits per heavy atom. The molecule has 0 spiro atoms. The molecule has 49 heavy (non-hydrogen) atoms. The molecule has 5 aromatic rings. The summed E-state index contributed by atoms with van der Waals surface area (Å²) in [6.07, 6.45) is 3.25. The number of halogens is 3. The fourth-order valence-electron chi connectivity index (χ4n) is 6.16. The molecule has 10 nitrogen and oxygen atoms in total. The fraction of sp³-hybridized carbons (Fsp3) is 0.306. The van der Waals surface area contributed by atoms with Gasteiger partial charge in [0.15, 0.2) is 11.6 Å². The quantitative estimate of drug-likeness (QED) is 0.0705. The van der Waals surface area contributed by atoms with Gasteiger partial charge >= 0.3 is 12.1 Å². The highest BCUT2D eigenvalue weighted by Gasteiger charge is 2.38. The monoisotopic (exact) mass is 784 g/mol. The maximum atomic E-state index is 15.4. The SMILES string of the molecule is CC(CCCOC(C)(C)C1CNC(=O)O1)(c1cccc(I)c1)c1cnc(-c2cc(Oc3c(F)cc4[nH]ccc4c3CC(=O)O)ccc2F)[nH]1. The molecule has 2 aromatic heterocycles. The van der Waals surface area contributed by atoms with Crippen molar-refractivity contribution in [1.29, 1.82) is 0 Å². The maximum absolute atomic E-state index is 15.4. The van der Waals surface area contributed by atoms with Crippen molar-refractivity contribution in [3.63, 3.8) is 0 Å². The number of aromatic nitrogens is 3. The molecule has 256 valence electrons. The number of aromatic amines is 2. The zero-order chi connectivity index (χ0) is 34.9. The van der Waals surface area contributed by atoms with Gasteiger partial charge in [0.25, 0.3) is 0 Å². The first-order valence-electron chi connectivity index (χ1n) is 15.7. The van der Waals surface area contributed by atoms with Crippen molar-refractivity contribution in [3.8, 4) is 22.9 Å². The van der Waals surface area contributed by atoms with E-state index in [1.807, 2.05) is 32.0 Å². The van der Waals surface area contributed by atoms with Gasteiger partial charge in [-0.15, -0.1) is 0 Å². The molecule has 0 aliphatic carbocycles. The highest BCUT2D eigenvalue weighted by molar-refractivity contribution is 14.1. The van der Waals surface area contributed by atoms with Crippen LogP contribution in [-0.2, 0) is 26.1 Å². The predicted octanol–water partition coefficient (Wildman–Crippen LogP) is 7.85. The molecule has 1 amide bonds. The zero-order valence-corrected chi connectivity index (χ0v) is 29.2. The number of carboxylic acids is 1. The molecule has 4 N–H and O–H groups in total. The molecule has 13 heteroatoms. The first-order chi connectivity index (χ1) is 23.3. The van der Waals surface area contributed by atoms with E-state index in [0.717, 1.165) is 14.8 Å². The molecule has 6 rings (SSSR count). The third-order valence-electron chi connectivity index (χ3n) is 8.99. The van der Waals surface area contributed by atoms with E-state index in [9.17, 15) is 14.7 Å². The summed E-state index contributed by atoms with van der Waals surface area (Å²) in [5, 5.41) is 12.7. The number of carbonyl (C=O) groups is 2. The lowest BCUT2D eigenvalue weighted by molar-refractivity contribution is -0.136. The Morgan fingerprint density at radius 2 is 1.94 bits per heavy atom. The number of nitrogens with zero attached hydrogens (tertiary/aromatic N) is 1. The van der Waals surface area contributed by atoms with E-state index in [2.05, 4.69) is 55.8 Å². The molecule has 1 aliphatic rings. The molecule has 2 unspecified atom stereocenters. The van der Waals surface area contributed by atoms with Gasteiger partial charge in [0.05, 0.1) is 18.5 Å². The third-order valence-corrected chi connectivity index (χ3v) is 9.66. The van der Waals surface area contributed by atoms with Gasteiger partial charge in [-0.25, -0.2) is 18.6 Å². The molecular weight excluding hydrogens is 749 g/mol. The van der Waals surface area contributed by atoms with E-state index in [1.54, 1.807) is 18.5 Å². The van der Waals surface area contributed by atoms with Crippen molar-refractivity contribution < 1.29 is 37.7 Å². The number of amides is 1. The normalized spacial score (nSPS) is 16.0. The second-order valence-electron chi connectivity index (χ2n) is 12.7. The van der Waals surface area contributed by atoms with Gasteiger partial charge in [-0.2, -0.15) is 0 Å². The molecule has 0 radical (unpaired) electrons. The van der Waals surface area contributed by atoms with Crippen LogP contribution in [0.15, 0.2) is 67.0 Å². The van der Waals surface area contributed by atoms with Gasteiger partial charge < -0.3 is 34.6 Å². The molecule has 1 aliphatic heterocycles. The summed E-state index contributed by atoms with van der Waals surface area (Å²) in [6, 6.07) is 15.0. The van der Waals surface area contributed by atoms with Gasteiger partial charge in [0.1, 0.15) is 29.1 Å². The van der Waals surface area contributed by atoms with Gasteiger partial charge in [-0.1, -0.05) is 12.1 Å². The number of aliphatic carboxylic acids is 1. The van der Waals surface area contributed by atoms with Crippen LogP contribution >= 0.6 is 22.6 Å². The average Bonchev–Trinajstić information content (AvgIpc) is 3.83. The Bertz CT molecular complexity index is 2030. The maximum Gasteiger partial charge on any atom is 0.407 e. The zero-order valence-electron chi connectivity index (χ0n) is 27.0. The summed E-state index contributed by atoms with van der Waals surface area (Å²) in [6.45, 7) is 6.66. The lowest BCUT2D eigenvalue weighted by Crippen LogP contribution is -2.41. The Kier molecular flexibility index (Phi) is 9.67.